The van der Waals surface area contributed by atoms with Crippen LogP contribution in [0.15, 0.2) is 42.5 Å². The molecule has 6 heteroatoms. The van der Waals surface area contributed by atoms with Crippen molar-refractivity contribution in [2.24, 2.45) is 11.8 Å². The molecule has 2 aromatic rings. The molecule has 1 heterocycles. The van der Waals surface area contributed by atoms with Gasteiger partial charge in [-0.2, -0.15) is 0 Å². The molecule has 0 unspecified atom stereocenters. The minimum atomic E-state index is -0.457. The van der Waals surface area contributed by atoms with Gasteiger partial charge in [0.05, 0.1) is 20.3 Å². The zero-order chi connectivity index (χ0) is 20.4. The Balaban J connectivity index is 1.41. The predicted octanol–water partition coefficient (Wildman–Crippen LogP) is 4.01. The maximum atomic E-state index is 10.7. The Morgan fingerprint density at radius 2 is 1.79 bits per heavy atom. The van der Waals surface area contributed by atoms with Crippen molar-refractivity contribution in [3.05, 3.63) is 53.1 Å². The molecule has 2 fully saturated rings. The highest BCUT2D eigenvalue weighted by Gasteiger charge is 2.42. The summed E-state index contributed by atoms with van der Waals surface area (Å²) < 4.78 is 17.0. The van der Waals surface area contributed by atoms with Crippen molar-refractivity contribution in [3.63, 3.8) is 0 Å². The molecule has 0 aromatic heterocycles. The van der Waals surface area contributed by atoms with Crippen molar-refractivity contribution in [2.45, 2.75) is 31.6 Å². The number of fused-ring (bicyclic) bond motifs is 1. The van der Waals surface area contributed by atoms with Gasteiger partial charge in [-0.3, -0.25) is 4.90 Å². The summed E-state index contributed by atoms with van der Waals surface area (Å²) in [4.78, 5) is 2.45. The molecular weight excluding hydrogens is 390 g/mol. The molecule has 1 aliphatic heterocycles. The summed E-state index contributed by atoms with van der Waals surface area (Å²) in [6.07, 6.45) is 0.966. The number of hydrogen-bond donors (Lipinski definition) is 1. The van der Waals surface area contributed by atoms with Crippen LogP contribution in [0.3, 0.4) is 0 Å². The van der Waals surface area contributed by atoms with E-state index in [4.69, 9.17) is 25.8 Å². The van der Waals surface area contributed by atoms with Crippen molar-refractivity contribution in [3.8, 4) is 17.2 Å². The molecule has 0 bridgehead atoms. The zero-order valence-corrected chi connectivity index (χ0v) is 17.6. The molecular formula is C23H28ClNO4. The highest BCUT2D eigenvalue weighted by molar-refractivity contribution is 6.30. The molecule has 1 saturated carbocycles. The highest BCUT2D eigenvalue weighted by Crippen LogP contribution is 2.39. The molecule has 1 saturated heterocycles. The maximum Gasteiger partial charge on any atom is 0.125 e. The highest BCUT2D eigenvalue weighted by atomic mass is 35.5. The second-order valence-corrected chi connectivity index (χ2v) is 8.48. The van der Waals surface area contributed by atoms with Gasteiger partial charge >= 0.3 is 0 Å². The lowest BCUT2D eigenvalue weighted by Crippen LogP contribution is -2.42. The van der Waals surface area contributed by atoms with E-state index in [1.165, 1.54) is 0 Å². The van der Waals surface area contributed by atoms with Crippen LogP contribution in [0, 0.1) is 11.8 Å². The average molecular weight is 418 g/mol. The molecule has 0 radical (unpaired) electrons. The van der Waals surface area contributed by atoms with Crippen molar-refractivity contribution in [1.29, 1.82) is 0 Å². The van der Waals surface area contributed by atoms with Crippen molar-refractivity contribution < 1.29 is 19.3 Å². The minimum absolute atomic E-state index is 0.193. The fourth-order valence-electron chi connectivity index (χ4n) is 4.70. The first-order valence-corrected chi connectivity index (χ1v) is 10.5. The Morgan fingerprint density at radius 1 is 1.00 bits per heavy atom. The first-order valence-electron chi connectivity index (χ1n) is 10.1. The van der Waals surface area contributed by atoms with E-state index >= 15 is 0 Å². The Bertz CT molecular complexity index is 845. The van der Waals surface area contributed by atoms with Gasteiger partial charge in [0.1, 0.15) is 23.4 Å². The normalized spacial score (nSPS) is 26.8. The summed E-state index contributed by atoms with van der Waals surface area (Å²) in [6.45, 7) is 2.78. The zero-order valence-electron chi connectivity index (χ0n) is 16.9. The number of halogens is 1. The molecule has 0 spiro atoms. The first-order chi connectivity index (χ1) is 14.1. The quantitative estimate of drug-likeness (QED) is 0.769. The Hall–Kier alpha value is -1.95. The molecule has 4 atom stereocenters. The molecule has 29 heavy (non-hydrogen) atoms. The molecule has 1 aliphatic carbocycles. The molecule has 2 aliphatic rings. The van der Waals surface area contributed by atoms with Crippen LogP contribution in [-0.4, -0.2) is 49.5 Å². The van der Waals surface area contributed by atoms with Gasteiger partial charge in [-0.25, -0.2) is 0 Å². The van der Waals surface area contributed by atoms with Crippen molar-refractivity contribution in [1.82, 2.24) is 4.90 Å². The SMILES string of the molecule is COc1ccc(OC)c(CN2C[C@H]3C[C@@H](Oc4cccc(Cl)c4)[C@H](O)C[C@H]3C2)c1. The van der Waals surface area contributed by atoms with E-state index < -0.39 is 6.10 Å². The third-order valence-corrected chi connectivity index (χ3v) is 6.36. The van der Waals surface area contributed by atoms with E-state index in [0.717, 1.165) is 55.3 Å². The smallest absolute Gasteiger partial charge is 0.125 e. The summed E-state index contributed by atoms with van der Waals surface area (Å²) in [5.74, 6) is 3.43. The lowest BCUT2D eigenvalue weighted by molar-refractivity contribution is -0.0231. The lowest BCUT2D eigenvalue weighted by Gasteiger charge is -2.35. The van der Waals surface area contributed by atoms with E-state index in [2.05, 4.69) is 4.90 Å². The average Bonchev–Trinajstić information content (AvgIpc) is 3.09. The van der Waals surface area contributed by atoms with Crippen LogP contribution in [0.25, 0.3) is 0 Å². The van der Waals surface area contributed by atoms with E-state index in [0.29, 0.717) is 16.9 Å². The summed E-state index contributed by atoms with van der Waals surface area (Å²) >= 11 is 6.06. The van der Waals surface area contributed by atoms with E-state index in [1.807, 2.05) is 36.4 Å². The second kappa shape index (κ2) is 8.82. The summed E-state index contributed by atoms with van der Waals surface area (Å²) in [5.41, 5.74) is 1.12. The monoisotopic (exact) mass is 417 g/mol. The van der Waals surface area contributed by atoms with Gasteiger partial charge in [0.15, 0.2) is 0 Å². The number of aliphatic hydroxyl groups excluding tert-OH is 1. The number of nitrogens with zero attached hydrogens (tertiary/aromatic N) is 1. The first kappa shape index (κ1) is 20.3. The number of rotatable bonds is 6. The molecule has 156 valence electrons. The molecule has 0 amide bonds. The number of likely N-dealkylation sites (tertiary alicyclic amines) is 1. The van der Waals surface area contributed by atoms with Gasteiger partial charge in [0.25, 0.3) is 0 Å². The van der Waals surface area contributed by atoms with E-state index in [-0.39, 0.29) is 6.10 Å². The fraction of sp³-hybridized carbons (Fsp3) is 0.478. The minimum Gasteiger partial charge on any atom is -0.497 e. The Labute approximate surface area is 177 Å². The third-order valence-electron chi connectivity index (χ3n) is 6.13. The topological polar surface area (TPSA) is 51.2 Å². The standard InChI is InChI=1S/C23H28ClNO4/c1-27-19-6-7-22(28-2)17(8-19)14-25-12-15-9-21(26)23(10-16(15)13-25)29-20-5-3-4-18(24)11-20/h3-8,11,15-16,21,23,26H,9-10,12-14H2,1-2H3/t15-,16+,21+,23+/m0/s1. The molecule has 4 rings (SSSR count). The van der Waals surface area contributed by atoms with Gasteiger partial charge in [-0.15, -0.1) is 0 Å². The van der Waals surface area contributed by atoms with Gasteiger partial charge in [0.2, 0.25) is 0 Å². The summed E-state index contributed by atoms with van der Waals surface area (Å²) in [6, 6.07) is 13.3. The van der Waals surface area contributed by atoms with Gasteiger partial charge < -0.3 is 19.3 Å². The maximum absolute atomic E-state index is 10.7. The van der Waals surface area contributed by atoms with Gasteiger partial charge in [-0.05, 0) is 61.1 Å². The Morgan fingerprint density at radius 3 is 2.52 bits per heavy atom. The van der Waals surface area contributed by atoms with Crippen LogP contribution < -0.4 is 14.2 Å². The fourth-order valence-corrected chi connectivity index (χ4v) is 4.88. The van der Waals surface area contributed by atoms with Gasteiger partial charge in [-0.1, -0.05) is 17.7 Å². The third kappa shape index (κ3) is 4.63. The van der Waals surface area contributed by atoms with Crippen molar-refractivity contribution >= 4 is 11.6 Å². The van der Waals surface area contributed by atoms with Crippen molar-refractivity contribution in [2.75, 3.05) is 27.3 Å². The van der Waals surface area contributed by atoms with Crippen LogP contribution in [0.4, 0.5) is 0 Å². The number of benzene rings is 2. The van der Waals surface area contributed by atoms with E-state index in [1.54, 1.807) is 20.3 Å². The van der Waals surface area contributed by atoms with Gasteiger partial charge in [0, 0.05) is 30.2 Å². The van der Waals surface area contributed by atoms with Crippen LogP contribution in [-0.2, 0) is 6.54 Å². The number of hydrogen-bond acceptors (Lipinski definition) is 5. The summed E-state index contributed by atoms with van der Waals surface area (Å²) in [7, 11) is 3.38. The van der Waals surface area contributed by atoms with Crippen LogP contribution in [0.5, 0.6) is 17.2 Å². The second-order valence-electron chi connectivity index (χ2n) is 8.04. The number of ether oxygens (including phenoxy) is 3. The largest absolute Gasteiger partial charge is 0.497 e. The summed E-state index contributed by atoms with van der Waals surface area (Å²) in [5, 5.41) is 11.3. The predicted molar refractivity (Wildman–Crippen MR) is 113 cm³/mol. The van der Waals surface area contributed by atoms with Crippen LogP contribution in [0.1, 0.15) is 18.4 Å². The van der Waals surface area contributed by atoms with E-state index in [9.17, 15) is 5.11 Å². The van der Waals surface area contributed by atoms with Crippen LogP contribution in [0.2, 0.25) is 5.02 Å². The number of methoxy groups -OCH3 is 2. The molecule has 2 aromatic carbocycles. The van der Waals surface area contributed by atoms with Crippen LogP contribution >= 0.6 is 11.6 Å². The molecule has 1 N–H and O–H groups in total. The molecule has 5 nitrogen and oxygen atoms in total. The Kier molecular flexibility index (Phi) is 6.18. The number of aliphatic hydroxyl groups is 1. The lowest BCUT2D eigenvalue weighted by atomic mass is 9.78.